The monoisotopic (exact) mass is 252 g/mol. The van der Waals surface area contributed by atoms with Crippen LogP contribution in [-0.4, -0.2) is 14.7 Å². The summed E-state index contributed by atoms with van der Waals surface area (Å²) in [6.07, 6.45) is 2.83. The van der Waals surface area contributed by atoms with Crippen molar-refractivity contribution in [3.8, 4) is 5.75 Å². The predicted molar refractivity (Wildman–Crippen MR) is 77.0 cm³/mol. The fraction of sp³-hybridized carbons (Fsp3) is 0.333. The number of rotatable bonds is 6. The number of hydrogen-bond acceptors (Lipinski definition) is 1. The molecule has 0 saturated carbocycles. The van der Waals surface area contributed by atoms with Crippen LogP contribution in [0.3, 0.4) is 0 Å². The van der Waals surface area contributed by atoms with Gasteiger partial charge in [-0.25, -0.2) is 0 Å². The molecule has 0 atom stereocenters. The molecule has 0 bridgehead atoms. The third kappa shape index (κ3) is 7.60. The predicted octanol–water partition coefficient (Wildman–Crippen LogP) is 1.25. The van der Waals surface area contributed by atoms with Gasteiger partial charge in [0.2, 0.25) is 0 Å². The number of ether oxygens (including phenoxy) is 1. The van der Waals surface area contributed by atoms with Crippen molar-refractivity contribution in [1.82, 2.24) is 0 Å². The van der Waals surface area contributed by atoms with E-state index in [1.165, 1.54) is 5.57 Å². The first-order valence-corrected chi connectivity index (χ1v) is 9.50. The molecule has 0 unspecified atom stereocenters. The Morgan fingerprint density at radius 1 is 1.39 bits per heavy atom. The van der Waals surface area contributed by atoms with Crippen molar-refractivity contribution in [1.29, 1.82) is 0 Å². The van der Waals surface area contributed by atoms with Crippen molar-refractivity contribution in [2.45, 2.75) is 26.1 Å². The number of allylic oxidation sites excluding steroid dienone is 1. The van der Waals surface area contributed by atoms with E-state index in [-0.39, 0.29) is 18.9 Å². The molecule has 0 aliphatic carbocycles. The summed E-state index contributed by atoms with van der Waals surface area (Å²) in [6.45, 7) is 11.4. The summed E-state index contributed by atoms with van der Waals surface area (Å²) >= 11 is 0. The Bertz CT molecular complexity index is 379. The summed E-state index contributed by atoms with van der Waals surface area (Å²) in [5.41, 5.74) is 3.70. The molecule has 0 aliphatic rings. The van der Waals surface area contributed by atoms with Crippen molar-refractivity contribution >= 4 is 8.07 Å². The molecule has 0 amide bonds. The van der Waals surface area contributed by atoms with Crippen LogP contribution < -0.4 is 23.6 Å². The second-order valence-electron chi connectivity index (χ2n) is 5.18. The summed E-state index contributed by atoms with van der Waals surface area (Å²) in [6, 6.07) is 10.8. The van der Waals surface area contributed by atoms with E-state index in [1.807, 2.05) is 30.3 Å². The first kappa shape index (κ1) is 17.3. The van der Waals surface area contributed by atoms with Gasteiger partial charge in [-0.2, -0.15) is 18.2 Å². The van der Waals surface area contributed by atoms with Gasteiger partial charge in [0.05, 0.1) is 8.07 Å². The Hall–Kier alpha value is -0.686. The Balaban J connectivity index is 0.00000289. The maximum Gasteiger partial charge on any atom is 1.00 e. The van der Waals surface area contributed by atoms with E-state index in [0.717, 1.165) is 12.2 Å². The van der Waals surface area contributed by atoms with Crippen LogP contribution in [0.1, 0.15) is 6.42 Å². The number of para-hydroxylation sites is 1. The summed E-state index contributed by atoms with van der Waals surface area (Å²) in [4.78, 5) is 0. The molecule has 0 aliphatic heterocycles. The molecule has 0 radical (unpaired) electrons. The molecule has 1 aromatic rings. The van der Waals surface area contributed by atoms with Crippen LogP contribution >= 0.6 is 0 Å². The van der Waals surface area contributed by atoms with Crippen LogP contribution in [0.25, 0.3) is 0 Å². The molecule has 3 heteroatoms. The van der Waals surface area contributed by atoms with Crippen molar-refractivity contribution in [2.75, 3.05) is 6.61 Å². The molecule has 0 N–H and O–H groups in total. The molecule has 0 aromatic heterocycles. The van der Waals surface area contributed by atoms with E-state index >= 15 is 0 Å². The van der Waals surface area contributed by atoms with Gasteiger partial charge in [0, 0.05) is 5.75 Å². The Morgan fingerprint density at radius 2 is 2.11 bits per heavy atom. The van der Waals surface area contributed by atoms with Gasteiger partial charge in [-0.05, 0) is 12.0 Å². The maximum atomic E-state index is 5.72. The van der Waals surface area contributed by atoms with Gasteiger partial charge < -0.3 is 4.74 Å². The standard InChI is InChI=1S/C15H21OSi.Li/c1-5-9-14(13-17(2,3)4)12-16-15-10-7-6-8-11-15;/h5-8,10,13H,1,9,12H2,2-4H3;/q-1;+1/b14-13-;. The molecule has 1 rings (SSSR count). The van der Waals surface area contributed by atoms with Crippen LogP contribution in [-0.2, 0) is 0 Å². The summed E-state index contributed by atoms with van der Waals surface area (Å²) in [5, 5.41) is 0. The van der Waals surface area contributed by atoms with Gasteiger partial charge in [-0.3, -0.25) is 0 Å². The van der Waals surface area contributed by atoms with E-state index in [9.17, 15) is 0 Å². The molecule has 1 aromatic carbocycles. The number of hydrogen-bond donors (Lipinski definition) is 0. The molecular weight excluding hydrogens is 231 g/mol. The second-order valence-corrected chi connectivity index (χ2v) is 10.2. The molecule has 92 valence electrons. The average molecular weight is 252 g/mol. The summed E-state index contributed by atoms with van der Waals surface area (Å²) < 4.78 is 5.72. The maximum absolute atomic E-state index is 5.72. The quantitative estimate of drug-likeness (QED) is 0.421. The molecule has 0 heterocycles. The zero-order chi connectivity index (χ0) is 12.7. The minimum absolute atomic E-state index is 0. The van der Waals surface area contributed by atoms with Gasteiger partial charge in [0.15, 0.2) is 0 Å². The molecule has 0 fully saturated rings. The van der Waals surface area contributed by atoms with Crippen LogP contribution in [0, 0.1) is 6.07 Å². The zero-order valence-electron chi connectivity index (χ0n) is 12.0. The van der Waals surface area contributed by atoms with Gasteiger partial charge >= 0.3 is 18.9 Å². The topological polar surface area (TPSA) is 9.23 Å². The second kappa shape index (κ2) is 8.42. The number of benzene rings is 1. The van der Waals surface area contributed by atoms with Gasteiger partial charge in [0.1, 0.15) is 6.61 Å². The third-order valence-electron chi connectivity index (χ3n) is 2.14. The van der Waals surface area contributed by atoms with Crippen molar-refractivity contribution in [2.24, 2.45) is 0 Å². The zero-order valence-corrected chi connectivity index (χ0v) is 13.0. The van der Waals surface area contributed by atoms with Gasteiger partial charge in [0.25, 0.3) is 0 Å². The Labute approximate surface area is 124 Å². The smallest absolute Gasteiger partial charge is 0.515 e. The van der Waals surface area contributed by atoms with Crippen LogP contribution in [0.2, 0.25) is 19.6 Å². The Morgan fingerprint density at radius 3 is 2.61 bits per heavy atom. The summed E-state index contributed by atoms with van der Waals surface area (Å²) in [5.74, 6) is 0.804. The Kier molecular flexibility index (Phi) is 8.10. The van der Waals surface area contributed by atoms with E-state index in [1.54, 1.807) is 0 Å². The minimum atomic E-state index is -1.20. The fourth-order valence-corrected chi connectivity index (χ4v) is 3.02. The van der Waals surface area contributed by atoms with Crippen molar-refractivity contribution in [3.63, 3.8) is 0 Å². The SMILES string of the molecule is C=CC/C(=C/[Si](C)(C)C)COc1[c-]cccc1.[Li+]. The van der Waals surface area contributed by atoms with Gasteiger partial charge in [-0.1, -0.05) is 31.4 Å². The average Bonchev–Trinajstić information content (AvgIpc) is 2.26. The summed E-state index contributed by atoms with van der Waals surface area (Å²) in [7, 11) is -1.20. The normalized spacial score (nSPS) is 11.6. The largest absolute Gasteiger partial charge is 1.00 e. The molecule has 18 heavy (non-hydrogen) atoms. The minimum Gasteiger partial charge on any atom is -0.515 e. The van der Waals surface area contributed by atoms with Crippen LogP contribution in [0.5, 0.6) is 5.75 Å². The van der Waals surface area contributed by atoms with E-state index in [0.29, 0.717) is 6.61 Å². The molecule has 0 spiro atoms. The fourth-order valence-electron chi connectivity index (χ4n) is 1.59. The molecule has 1 nitrogen and oxygen atoms in total. The van der Waals surface area contributed by atoms with E-state index in [2.05, 4.69) is 38.0 Å². The molecule has 0 saturated heterocycles. The third-order valence-corrected chi connectivity index (χ3v) is 3.41. The molecular formula is C15H21LiOSi. The van der Waals surface area contributed by atoms with Crippen molar-refractivity contribution < 1.29 is 23.6 Å². The van der Waals surface area contributed by atoms with Crippen LogP contribution in [0.15, 0.2) is 48.2 Å². The van der Waals surface area contributed by atoms with E-state index in [4.69, 9.17) is 4.74 Å². The van der Waals surface area contributed by atoms with E-state index < -0.39 is 8.07 Å². The van der Waals surface area contributed by atoms with Gasteiger partial charge in [-0.15, -0.1) is 18.7 Å². The van der Waals surface area contributed by atoms with Crippen LogP contribution in [0.4, 0.5) is 0 Å². The first-order chi connectivity index (χ1) is 8.01. The van der Waals surface area contributed by atoms with Crippen molar-refractivity contribution in [3.05, 3.63) is 54.3 Å². The first-order valence-electron chi connectivity index (χ1n) is 5.92.